The molecule has 1 aliphatic carbocycles. The molecule has 34 heavy (non-hydrogen) atoms. The standard InChI is InChI=1S/C26H38BrN5O2/c1-26(2,3)23(30-16-20(28)17-9-10-17)25(34)32-13-5-8-22(32)24(33)29-12-15-31-14-11-18-19(27)6-4-7-21(18)31/h4,6-7,16-17,22-23,30H,5,8-15,28H2,1-3H3,(H,29,33)/b20-16-/t22-,23+/m0/s1. The second-order valence-corrected chi connectivity index (χ2v) is 11.7. The fourth-order valence-corrected chi connectivity index (χ4v) is 5.55. The molecule has 0 radical (unpaired) electrons. The molecule has 3 aliphatic rings. The van der Waals surface area contributed by atoms with Crippen molar-refractivity contribution in [3.63, 3.8) is 0 Å². The zero-order chi connectivity index (χ0) is 24.5. The monoisotopic (exact) mass is 531 g/mol. The third-order valence-corrected chi connectivity index (χ3v) is 7.91. The van der Waals surface area contributed by atoms with Gasteiger partial charge in [-0.25, -0.2) is 0 Å². The van der Waals surface area contributed by atoms with Gasteiger partial charge in [0.1, 0.15) is 12.1 Å². The number of carbonyl (C=O) groups excluding carboxylic acids is 2. The van der Waals surface area contributed by atoms with E-state index in [0.29, 0.717) is 25.4 Å². The molecule has 2 fully saturated rings. The zero-order valence-electron chi connectivity index (χ0n) is 20.6. The summed E-state index contributed by atoms with van der Waals surface area (Å²) >= 11 is 3.64. The molecule has 1 aromatic carbocycles. The predicted octanol–water partition coefficient (Wildman–Crippen LogP) is 3.13. The largest absolute Gasteiger partial charge is 0.401 e. The van der Waals surface area contributed by atoms with E-state index in [9.17, 15) is 9.59 Å². The molecule has 4 N–H and O–H groups in total. The number of fused-ring (bicyclic) bond motifs is 1. The summed E-state index contributed by atoms with van der Waals surface area (Å²) in [5.41, 5.74) is 9.22. The lowest BCUT2D eigenvalue weighted by molar-refractivity contribution is -0.141. The maximum absolute atomic E-state index is 13.6. The maximum Gasteiger partial charge on any atom is 0.246 e. The summed E-state index contributed by atoms with van der Waals surface area (Å²) in [4.78, 5) is 30.7. The molecule has 2 aliphatic heterocycles. The minimum Gasteiger partial charge on any atom is -0.401 e. The van der Waals surface area contributed by atoms with Crippen LogP contribution in [-0.4, -0.2) is 55.0 Å². The number of nitrogens with one attached hydrogen (secondary N) is 2. The number of benzene rings is 1. The van der Waals surface area contributed by atoms with Crippen LogP contribution in [0.15, 0.2) is 34.6 Å². The lowest BCUT2D eigenvalue weighted by atomic mass is 9.85. The van der Waals surface area contributed by atoms with Crippen LogP contribution in [0.5, 0.6) is 0 Å². The first kappa shape index (κ1) is 24.9. The summed E-state index contributed by atoms with van der Waals surface area (Å²) in [6, 6.07) is 5.42. The molecule has 2 atom stereocenters. The lowest BCUT2D eigenvalue weighted by Crippen LogP contribution is -2.56. The van der Waals surface area contributed by atoms with Crippen molar-refractivity contribution in [1.82, 2.24) is 15.5 Å². The van der Waals surface area contributed by atoms with Crippen molar-refractivity contribution in [1.29, 1.82) is 0 Å². The Morgan fingerprint density at radius 3 is 2.71 bits per heavy atom. The molecule has 0 spiro atoms. The number of halogens is 1. The van der Waals surface area contributed by atoms with Gasteiger partial charge in [0.15, 0.2) is 0 Å². The zero-order valence-corrected chi connectivity index (χ0v) is 22.2. The normalized spacial score (nSPS) is 21.4. The summed E-state index contributed by atoms with van der Waals surface area (Å²) < 4.78 is 1.15. The van der Waals surface area contributed by atoms with E-state index >= 15 is 0 Å². The Bertz CT molecular complexity index is 953. The summed E-state index contributed by atoms with van der Waals surface area (Å²) in [6.07, 6.45) is 6.60. The van der Waals surface area contributed by atoms with E-state index in [1.165, 1.54) is 11.3 Å². The fourth-order valence-electron chi connectivity index (χ4n) is 5.00. The molecule has 8 heteroatoms. The van der Waals surface area contributed by atoms with E-state index in [4.69, 9.17) is 5.73 Å². The fraction of sp³-hybridized carbons (Fsp3) is 0.615. The van der Waals surface area contributed by atoms with Crippen LogP contribution < -0.4 is 21.3 Å². The number of hydrogen-bond donors (Lipinski definition) is 3. The van der Waals surface area contributed by atoms with Crippen LogP contribution in [0.1, 0.15) is 52.0 Å². The van der Waals surface area contributed by atoms with E-state index in [2.05, 4.69) is 49.7 Å². The first-order chi connectivity index (χ1) is 16.2. The predicted molar refractivity (Wildman–Crippen MR) is 139 cm³/mol. The highest BCUT2D eigenvalue weighted by Gasteiger charge is 2.41. The molecular formula is C26H38BrN5O2. The van der Waals surface area contributed by atoms with E-state index in [0.717, 1.165) is 48.9 Å². The van der Waals surface area contributed by atoms with Crippen LogP contribution in [0.4, 0.5) is 5.69 Å². The number of allylic oxidation sites excluding steroid dienone is 1. The highest BCUT2D eigenvalue weighted by molar-refractivity contribution is 9.10. The van der Waals surface area contributed by atoms with Gasteiger partial charge >= 0.3 is 0 Å². The third-order valence-electron chi connectivity index (χ3n) is 7.16. The number of likely N-dealkylation sites (tertiary alicyclic amines) is 1. The van der Waals surface area contributed by atoms with Crippen molar-refractivity contribution in [3.05, 3.63) is 40.1 Å². The number of hydrogen-bond acceptors (Lipinski definition) is 5. The molecule has 1 saturated heterocycles. The van der Waals surface area contributed by atoms with Crippen LogP contribution in [0.3, 0.4) is 0 Å². The number of nitrogens with two attached hydrogens (primary N) is 1. The van der Waals surface area contributed by atoms with Gasteiger partial charge in [-0.15, -0.1) is 0 Å². The molecule has 7 nitrogen and oxygen atoms in total. The molecule has 2 heterocycles. The van der Waals surface area contributed by atoms with E-state index in [1.54, 1.807) is 4.90 Å². The van der Waals surface area contributed by atoms with Crippen molar-refractivity contribution in [2.24, 2.45) is 17.1 Å². The topological polar surface area (TPSA) is 90.7 Å². The van der Waals surface area contributed by atoms with Gasteiger partial charge in [-0.1, -0.05) is 42.8 Å². The van der Waals surface area contributed by atoms with Gasteiger partial charge in [0.25, 0.3) is 0 Å². The maximum atomic E-state index is 13.6. The minimum atomic E-state index is -0.433. The molecular weight excluding hydrogens is 494 g/mol. The average molecular weight is 533 g/mol. The number of nitrogens with zero attached hydrogens (tertiary/aromatic N) is 2. The average Bonchev–Trinajstić information content (AvgIpc) is 3.36. The summed E-state index contributed by atoms with van der Waals surface area (Å²) in [5.74, 6) is 0.362. The Labute approximate surface area is 211 Å². The minimum absolute atomic E-state index is 0.0247. The summed E-state index contributed by atoms with van der Waals surface area (Å²) in [5, 5.41) is 6.39. The summed E-state index contributed by atoms with van der Waals surface area (Å²) in [6.45, 7) is 9.01. The molecule has 186 valence electrons. The molecule has 4 rings (SSSR count). The van der Waals surface area contributed by atoms with Gasteiger partial charge in [-0.05, 0) is 61.1 Å². The van der Waals surface area contributed by atoms with Crippen LogP contribution in [0, 0.1) is 11.3 Å². The van der Waals surface area contributed by atoms with Gasteiger partial charge in [0.05, 0.1) is 0 Å². The Hall–Kier alpha value is -2.22. The number of amides is 2. The first-order valence-corrected chi connectivity index (χ1v) is 13.3. The Morgan fingerprint density at radius 2 is 2.00 bits per heavy atom. The quantitative estimate of drug-likeness (QED) is 0.479. The molecule has 1 aromatic rings. The summed E-state index contributed by atoms with van der Waals surface area (Å²) in [7, 11) is 0. The number of carbonyl (C=O) groups is 2. The van der Waals surface area contributed by atoms with Crippen LogP contribution in [0.25, 0.3) is 0 Å². The smallest absolute Gasteiger partial charge is 0.246 e. The van der Waals surface area contributed by atoms with E-state index in [-0.39, 0.29) is 17.2 Å². The highest BCUT2D eigenvalue weighted by atomic mass is 79.9. The van der Waals surface area contributed by atoms with Crippen molar-refractivity contribution in [2.45, 2.75) is 65.0 Å². The van der Waals surface area contributed by atoms with Gasteiger partial charge in [0, 0.05) is 48.2 Å². The molecule has 2 amide bonds. The number of anilines is 1. The SMILES string of the molecule is CC(C)(C)[C@H](N/C=C(\N)C1CC1)C(=O)N1CCC[C@H]1C(=O)NCCN1CCc2c(Br)cccc21. The second kappa shape index (κ2) is 10.2. The van der Waals surface area contributed by atoms with Gasteiger partial charge in [-0.3, -0.25) is 9.59 Å². The second-order valence-electron chi connectivity index (χ2n) is 10.8. The van der Waals surface area contributed by atoms with Crippen molar-refractivity contribution >= 4 is 33.4 Å². The molecule has 0 bridgehead atoms. The van der Waals surface area contributed by atoms with Crippen LogP contribution in [0.2, 0.25) is 0 Å². The van der Waals surface area contributed by atoms with E-state index < -0.39 is 12.1 Å². The van der Waals surface area contributed by atoms with Crippen LogP contribution >= 0.6 is 15.9 Å². The van der Waals surface area contributed by atoms with Crippen LogP contribution in [-0.2, 0) is 16.0 Å². The Kier molecular flexibility index (Phi) is 7.45. The first-order valence-electron chi connectivity index (χ1n) is 12.5. The Morgan fingerprint density at radius 1 is 1.24 bits per heavy atom. The molecule has 0 unspecified atom stereocenters. The number of rotatable bonds is 8. The molecule has 0 aromatic heterocycles. The van der Waals surface area contributed by atoms with E-state index in [1.807, 2.05) is 27.0 Å². The Balaban J connectivity index is 1.34. The van der Waals surface area contributed by atoms with Gasteiger partial charge < -0.3 is 26.2 Å². The van der Waals surface area contributed by atoms with Gasteiger partial charge in [-0.2, -0.15) is 0 Å². The lowest BCUT2D eigenvalue weighted by Gasteiger charge is -2.35. The van der Waals surface area contributed by atoms with Crippen molar-refractivity contribution < 1.29 is 9.59 Å². The van der Waals surface area contributed by atoms with Crippen molar-refractivity contribution in [2.75, 3.05) is 31.1 Å². The van der Waals surface area contributed by atoms with Gasteiger partial charge in [0.2, 0.25) is 11.8 Å². The highest BCUT2D eigenvalue weighted by Crippen LogP contribution is 2.34. The van der Waals surface area contributed by atoms with Crippen molar-refractivity contribution in [3.8, 4) is 0 Å². The molecule has 1 saturated carbocycles. The third kappa shape index (κ3) is 5.53.